The van der Waals surface area contributed by atoms with Crippen LogP contribution in [0.4, 0.5) is 0 Å². The van der Waals surface area contributed by atoms with Gasteiger partial charge in [-0.2, -0.15) is 0 Å². The highest BCUT2D eigenvalue weighted by molar-refractivity contribution is 5.35. The molecule has 0 atom stereocenters. The van der Waals surface area contributed by atoms with Crippen LogP contribution in [0.25, 0.3) is 0 Å². The summed E-state index contributed by atoms with van der Waals surface area (Å²) in [6.45, 7) is 8.87. The van der Waals surface area contributed by atoms with E-state index in [0.717, 1.165) is 12.8 Å². The molecule has 0 aromatic heterocycles. The highest BCUT2D eigenvalue weighted by Crippen LogP contribution is 2.42. The lowest BCUT2D eigenvalue weighted by molar-refractivity contribution is 0.300. The predicted molar refractivity (Wildman–Crippen MR) is 56.6 cm³/mol. The largest absolute Gasteiger partial charge is 0.396 e. The lowest BCUT2D eigenvalue weighted by Gasteiger charge is -2.34. The van der Waals surface area contributed by atoms with Crippen molar-refractivity contribution < 1.29 is 5.11 Å². The molecular weight excluding hydrogens is 160 g/mol. The van der Waals surface area contributed by atoms with Crippen LogP contribution in [0.3, 0.4) is 0 Å². The molecule has 1 nitrogen and oxygen atoms in total. The highest BCUT2D eigenvalue weighted by Gasteiger charge is 2.28. The summed E-state index contributed by atoms with van der Waals surface area (Å²) in [6.07, 6.45) is 6.53. The minimum atomic E-state index is 0.243. The zero-order valence-corrected chi connectivity index (χ0v) is 8.77. The van der Waals surface area contributed by atoms with Crippen LogP contribution < -0.4 is 0 Å². The van der Waals surface area contributed by atoms with E-state index in [-0.39, 0.29) is 12.0 Å². The first-order valence-electron chi connectivity index (χ1n) is 5.07. The number of hydrogen-bond donors (Lipinski definition) is 1. The minimum absolute atomic E-state index is 0.243. The summed E-state index contributed by atoms with van der Waals surface area (Å²) < 4.78 is 0. The maximum absolute atomic E-state index is 8.78. The van der Waals surface area contributed by atoms with E-state index in [9.17, 15) is 0 Å². The van der Waals surface area contributed by atoms with Crippen LogP contribution in [0.1, 0.15) is 39.5 Å². The Morgan fingerprint density at radius 2 is 2.23 bits per heavy atom. The third-order valence-corrected chi connectivity index (χ3v) is 2.87. The van der Waals surface area contributed by atoms with Gasteiger partial charge in [0.25, 0.3) is 0 Å². The molecular formula is C12H20O. The van der Waals surface area contributed by atoms with Gasteiger partial charge in [0.15, 0.2) is 0 Å². The Morgan fingerprint density at radius 3 is 2.77 bits per heavy atom. The van der Waals surface area contributed by atoms with Crippen molar-refractivity contribution in [1.82, 2.24) is 0 Å². The summed E-state index contributed by atoms with van der Waals surface area (Å²) >= 11 is 0. The Balaban J connectivity index is 2.80. The maximum atomic E-state index is 8.78. The number of rotatable bonds is 2. The molecule has 1 aliphatic rings. The van der Waals surface area contributed by atoms with Crippen molar-refractivity contribution in [3.8, 4) is 0 Å². The molecule has 0 aromatic rings. The van der Waals surface area contributed by atoms with Crippen LogP contribution in [0.5, 0.6) is 0 Å². The lowest BCUT2D eigenvalue weighted by Crippen LogP contribution is -2.20. The van der Waals surface area contributed by atoms with Gasteiger partial charge in [-0.1, -0.05) is 32.1 Å². The summed E-state index contributed by atoms with van der Waals surface area (Å²) in [5.74, 6) is 0. The maximum Gasteiger partial charge on any atom is 0.0465 e. The first-order valence-corrected chi connectivity index (χ1v) is 5.07. The summed E-state index contributed by atoms with van der Waals surface area (Å²) in [5.41, 5.74) is 2.90. The van der Waals surface area contributed by atoms with E-state index in [1.807, 2.05) is 0 Å². The number of aliphatic hydroxyl groups excluding tert-OH is 1. The van der Waals surface area contributed by atoms with Crippen molar-refractivity contribution in [2.75, 3.05) is 6.61 Å². The van der Waals surface area contributed by atoms with Crippen molar-refractivity contribution in [2.45, 2.75) is 39.5 Å². The molecule has 13 heavy (non-hydrogen) atoms. The molecule has 0 radical (unpaired) electrons. The minimum Gasteiger partial charge on any atom is -0.396 e. The molecule has 0 amide bonds. The van der Waals surface area contributed by atoms with Gasteiger partial charge >= 0.3 is 0 Å². The number of allylic oxidation sites excluding steroid dienone is 2. The second kappa shape index (κ2) is 4.10. The second-order valence-electron chi connectivity index (χ2n) is 4.47. The standard InChI is InChI=1S/C12H20O/c1-10-6-4-8-12(2,3)11(10)7-5-9-13/h7,13H,1,4-6,8-9H2,2-3H3/b11-7+. The van der Waals surface area contributed by atoms with Crippen LogP contribution in [-0.2, 0) is 0 Å². The van der Waals surface area contributed by atoms with Gasteiger partial charge in [-0.05, 0) is 36.7 Å². The molecule has 0 bridgehead atoms. The molecule has 0 unspecified atom stereocenters. The van der Waals surface area contributed by atoms with Crippen LogP contribution in [0.2, 0.25) is 0 Å². The van der Waals surface area contributed by atoms with Crippen molar-refractivity contribution in [3.63, 3.8) is 0 Å². The Morgan fingerprint density at radius 1 is 1.54 bits per heavy atom. The number of hydrogen-bond acceptors (Lipinski definition) is 1. The molecule has 1 rings (SSSR count). The number of aliphatic hydroxyl groups is 1. The zero-order valence-electron chi connectivity index (χ0n) is 8.77. The predicted octanol–water partition coefficient (Wildman–Crippen LogP) is 3.06. The van der Waals surface area contributed by atoms with E-state index in [0.29, 0.717) is 0 Å². The van der Waals surface area contributed by atoms with Gasteiger partial charge in [-0.25, -0.2) is 0 Å². The first kappa shape index (κ1) is 10.5. The Kier molecular flexibility index (Phi) is 3.32. The van der Waals surface area contributed by atoms with Crippen LogP contribution in [0, 0.1) is 5.41 Å². The Labute approximate surface area is 81.2 Å². The third kappa shape index (κ3) is 2.44. The topological polar surface area (TPSA) is 20.2 Å². The van der Waals surface area contributed by atoms with Crippen LogP contribution in [-0.4, -0.2) is 11.7 Å². The van der Waals surface area contributed by atoms with Crippen molar-refractivity contribution in [1.29, 1.82) is 0 Å². The van der Waals surface area contributed by atoms with Gasteiger partial charge in [-0.15, -0.1) is 0 Å². The zero-order chi connectivity index (χ0) is 9.90. The molecule has 1 heteroatoms. The van der Waals surface area contributed by atoms with Gasteiger partial charge in [0, 0.05) is 6.61 Å². The molecule has 74 valence electrons. The van der Waals surface area contributed by atoms with Gasteiger partial charge in [-0.3, -0.25) is 0 Å². The fourth-order valence-corrected chi connectivity index (χ4v) is 2.12. The fraction of sp³-hybridized carbons (Fsp3) is 0.667. The average Bonchev–Trinajstić information content (AvgIpc) is 2.02. The van der Waals surface area contributed by atoms with Crippen molar-refractivity contribution in [3.05, 3.63) is 23.8 Å². The average molecular weight is 180 g/mol. The van der Waals surface area contributed by atoms with E-state index >= 15 is 0 Å². The highest BCUT2D eigenvalue weighted by atomic mass is 16.2. The summed E-state index contributed by atoms with van der Waals surface area (Å²) in [6, 6.07) is 0. The van der Waals surface area contributed by atoms with E-state index in [2.05, 4.69) is 26.5 Å². The van der Waals surface area contributed by atoms with Gasteiger partial charge in [0.2, 0.25) is 0 Å². The third-order valence-electron chi connectivity index (χ3n) is 2.87. The van der Waals surface area contributed by atoms with E-state index in [1.54, 1.807) is 0 Å². The fourth-order valence-electron chi connectivity index (χ4n) is 2.12. The molecule has 1 fully saturated rings. The molecule has 0 aromatic carbocycles. The molecule has 0 saturated heterocycles. The Bertz CT molecular complexity index is 223. The normalized spacial score (nSPS) is 25.2. The molecule has 1 saturated carbocycles. The van der Waals surface area contributed by atoms with Crippen LogP contribution in [0.15, 0.2) is 23.8 Å². The first-order chi connectivity index (χ1) is 6.08. The summed E-state index contributed by atoms with van der Waals surface area (Å²) in [5, 5.41) is 8.78. The van der Waals surface area contributed by atoms with E-state index < -0.39 is 0 Å². The van der Waals surface area contributed by atoms with E-state index in [1.165, 1.54) is 24.0 Å². The van der Waals surface area contributed by atoms with Gasteiger partial charge in [0.1, 0.15) is 0 Å². The SMILES string of the molecule is C=C1CCCC(C)(C)/C1=C/CCO. The monoisotopic (exact) mass is 180 g/mol. The Hall–Kier alpha value is -0.560. The van der Waals surface area contributed by atoms with E-state index in [4.69, 9.17) is 5.11 Å². The van der Waals surface area contributed by atoms with Gasteiger partial charge in [0.05, 0.1) is 0 Å². The lowest BCUT2D eigenvalue weighted by atomic mass is 9.71. The summed E-state index contributed by atoms with van der Waals surface area (Å²) in [4.78, 5) is 0. The molecule has 0 aliphatic heterocycles. The quantitative estimate of drug-likeness (QED) is 0.692. The second-order valence-corrected chi connectivity index (χ2v) is 4.47. The smallest absolute Gasteiger partial charge is 0.0465 e. The van der Waals surface area contributed by atoms with Crippen molar-refractivity contribution >= 4 is 0 Å². The molecule has 1 N–H and O–H groups in total. The van der Waals surface area contributed by atoms with Crippen molar-refractivity contribution in [2.24, 2.45) is 5.41 Å². The molecule has 0 heterocycles. The molecule has 1 aliphatic carbocycles. The summed E-state index contributed by atoms with van der Waals surface area (Å²) in [7, 11) is 0. The van der Waals surface area contributed by atoms with Crippen LogP contribution >= 0.6 is 0 Å². The van der Waals surface area contributed by atoms with Gasteiger partial charge < -0.3 is 5.11 Å². The molecule has 0 spiro atoms.